The molecule has 4 nitrogen and oxygen atoms in total. The van der Waals surface area contributed by atoms with Gasteiger partial charge in [0.05, 0.1) is 13.8 Å². The van der Waals surface area contributed by atoms with E-state index in [-0.39, 0.29) is 5.97 Å². The van der Waals surface area contributed by atoms with Crippen molar-refractivity contribution in [2.75, 3.05) is 0 Å². The molecule has 0 spiro atoms. The molecule has 0 aliphatic rings. The summed E-state index contributed by atoms with van der Waals surface area (Å²) < 4.78 is 7.43. The molecule has 0 atom stereocenters. The van der Waals surface area contributed by atoms with Crippen LogP contribution in [0.25, 0.3) is 0 Å². The summed E-state index contributed by atoms with van der Waals surface area (Å²) in [5, 5.41) is 9.35. The second-order valence-corrected chi connectivity index (χ2v) is 1.17. The SMILES string of the molecule is CC(=O)OC(C)=[O+][O-]. The Balaban J connectivity index is 3.56. The van der Waals surface area contributed by atoms with Crippen LogP contribution in [0.3, 0.4) is 0 Å². The normalized spacial score (nSPS) is 11.0. The fourth-order valence-electron chi connectivity index (χ4n) is 0.219. The zero-order chi connectivity index (χ0) is 6.57. The van der Waals surface area contributed by atoms with Crippen LogP contribution in [0.5, 0.6) is 0 Å². The van der Waals surface area contributed by atoms with Crippen LogP contribution in [0.2, 0.25) is 0 Å². The molecule has 0 saturated carbocycles. The van der Waals surface area contributed by atoms with E-state index in [1.165, 1.54) is 13.8 Å². The number of carbonyl (C=O) groups is 1. The van der Waals surface area contributed by atoms with Crippen LogP contribution in [0.4, 0.5) is 0 Å². The monoisotopic (exact) mass is 118 g/mol. The summed E-state index contributed by atoms with van der Waals surface area (Å²) in [5.74, 6) is -0.837. The average Bonchev–Trinajstić information content (AvgIpc) is 1.65. The number of carbonyl (C=O) groups excluding carboxylic acids is 2. The Morgan fingerprint density at radius 1 is 1.62 bits per heavy atom. The number of rotatable bonds is 0. The van der Waals surface area contributed by atoms with Crippen LogP contribution in [0.1, 0.15) is 13.8 Å². The van der Waals surface area contributed by atoms with E-state index < -0.39 is 5.97 Å². The maximum Gasteiger partial charge on any atom is 0.502 e. The highest BCUT2D eigenvalue weighted by atomic mass is 17.1. The van der Waals surface area contributed by atoms with Gasteiger partial charge in [0.25, 0.3) is 0 Å². The molecule has 0 aliphatic heterocycles. The lowest BCUT2D eigenvalue weighted by Gasteiger charge is -1.83. The van der Waals surface area contributed by atoms with Crippen LogP contribution in [0.15, 0.2) is 0 Å². The van der Waals surface area contributed by atoms with Crippen LogP contribution >= 0.6 is 0 Å². The van der Waals surface area contributed by atoms with Gasteiger partial charge in [-0.2, -0.15) is 0 Å². The minimum absolute atomic E-state index is 0.280. The Morgan fingerprint density at radius 3 is 2.25 bits per heavy atom. The largest absolute Gasteiger partial charge is 0.588 e. The van der Waals surface area contributed by atoms with Crippen molar-refractivity contribution in [3.05, 3.63) is 0 Å². The fourth-order valence-corrected chi connectivity index (χ4v) is 0.219. The number of hydrogen-bond acceptors (Lipinski definition) is 3. The first-order valence-corrected chi connectivity index (χ1v) is 1.98. The lowest BCUT2D eigenvalue weighted by Crippen LogP contribution is -2.12. The van der Waals surface area contributed by atoms with Gasteiger partial charge in [-0.3, -0.25) is 4.58 Å². The minimum Gasteiger partial charge on any atom is -0.588 e. The van der Waals surface area contributed by atoms with E-state index in [2.05, 4.69) is 9.31 Å². The molecule has 0 radical (unpaired) electrons. The van der Waals surface area contributed by atoms with Crippen molar-refractivity contribution < 1.29 is 19.4 Å². The van der Waals surface area contributed by atoms with E-state index in [9.17, 15) is 10.1 Å². The van der Waals surface area contributed by atoms with Gasteiger partial charge in [-0.25, -0.2) is 9.53 Å². The van der Waals surface area contributed by atoms with Crippen molar-refractivity contribution in [1.29, 1.82) is 0 Å². The second kappa shape index (κ2) is 3.01. The molecule has 46 valence electrons. The van der Waals surface area contributed by atoms with Crippen molar-refractivity contribution in [1.82, 2.24) is 0 Å². The number of ether oxygens (including phenoxy) is 1. The van der Waals surface area contributed by atoms with Crippen LogP contribution in [-0.2, 0) is 14.1 Å². The molecule has 0 heterocycles. The van der Waals surface area contributed by atoms with Gasteiger partial charge in [-0.15, -0.1) is 0 Å². The zero-order valence-corrected chi connectivity index (χ0v) is 4.63. The van der Waals surface area contributed by atoms with Crippen molar-refractivity contribution >= 4 is 11.9 Å². The maximum absolute atomic E-state index is 9.95. The summed E-state index contributed by atoms with van der Waals surface area (Å²) in [4.78, 5) is 9.95. The Hall–Kier alpha value is -1.06. The Morgan fingerprint density at radius 2 is 2.12 bits per heavy atom. The lowest BCUT2D eigenvalue weighted by atomic mass is 10.7. The van der Waals surface area contributed by atoms with Crippen molar-refractivity contribution in [2.24, 2.45) is 0 Å². The van der Waals surface area contributed by atoms with Gasteiger partial charge in [0.1, 0.15) is 0 Å². The van der Waals surface area contributed by atoms with E-state index in [4.69, 9.17) is 0 Å². The van der Waals surface area contributed by atoms with E-state index in [0.717, 1.165) is 0 Å². The first kappa shape index (κ1) is 6.94. The zero-order valence-electron chi connectivity index (χ0n) is 4.63. The summed E-state index contributed by atoms with van der Waals surface area (Å²) >= 11 is 0. The summed E-state index contributed by atoms with van der Waals surface area (Å²) in [6.07, 6.45) is 0. The van der Waals surface area contributed by atoms with Crippen LogP contribution in [0, 0.1) is 0 Å². The molecule has 0 aromatic heterocycles. The summed E-state index contributed by atoms with van der Waals surface area (Å²) in [6.45, 7) is 2.44. The summed E-state index contributed by atoms with van der Waals surface area (Å²) in [7, 11) is 0. The third kappa shape index (κ3) is 3.14. The van der Waals surface area contributed by atoms with Gasteiger partial charge < -0.3 is 5.26 Å². The molecule has 0 fully saturated rings. The fraction of sp³-hybridized carbons (Fsp3) is 0.500. The molecule has 0 N–H and O–H groups in total. The predicted octanol–water partition coefficient (Wildman–Crippen LogP) is -1.09. The first-order chi connectivity index (χ1) is 3.66. The van der Waals surface area contributed by atoms with Gasteiger partial charge in [-0.1, -0.05) is 0 Å². The molecular formula is C4H6O4. The molecule has 0 aromatic rings. The van der Waals surface area contributed by atoms with Crippen molar-refractivity contribution in [2.45, 2.75) is 13.8 Å². The second-order valence-electron chi connectivity index (χ2n) is 1.17. The first-order valence-electron chi connectivity index (χ1n) is 1.98. The highest BCUT2D eigenvalue weighted by Gasteiger charge is 2.07. The quantitative estimate of drug-likeness (QED) is 0.133. The van der Waals surface area contributed by atoms with Gasteiger partial charge in [-0.05, 0) is 0 Å². The average molecular weight is 118 g/mol. The summed E-state index contributed by atoms with van der Waals surface area (Å²) in [6, 6.07) is 0. The van der Waals surface area contributed by atoms with E-state index in [1.807, 2.05) is 0 Å². The van der Waals surface area contributed by atoms with Crippen LogP contribution in [-0.4, -0.2) is 11.9 Å². The van der Waals surface area contributed by atoms with Gasteiger partial charge in [0.15, 0.2) is 0 Å². The number of hydrogen-bond donors (Lipinski definition) is 0. The molecule has 4 heteroatoms. The summed E-state index contributed by atoms with van der Waals surface area (Å²) in [5.41, 5.74) is 0. The number of esters is 2. The van der Waals surface area contributed by atoms with Gasteiger partial charge in [0.2, 0.25) is 0 Å². The molecule has 0 bridgehead atoms. The third-order valence-electron chi connectivity index (χ3n) is 0.405. The van der Waals surface area contributed by atoms with E-state index in [0.29, 0.717) is 0 Å². The highest BCUT2D eigenvalue weighted by Crippen LogP contribution is 1.75. The smallest absolute Gasteiger partial charge is 0.502 e. The van der Waals surface area contributed by atoms with E-state index in [1.54, 1.807) is 0 Å². The Kier molecular flexibility index (Phi) is 2.61. The highest BCUT2D eigenvalue weighted by molar-refractivity contribution is 5.82. The molecule has 0 unspecified atom stereocenters. The standard InChI is InChI=1S/C4H6O4/c1-3(5)7-4(2)8-6/h1-2H3. The van der Waals surface area contributed by atoms with Gasteiger partial charge >= 0.3 is 11.9 Å². The lowest BCUT2D eigenvalue weighted by molar-refractivity contribution is -1.05. The minimum atomic E-state index is -0.557. The topological polar surface area (TPSA) is 60.7 Å². The molecule has 0 aromatic carbocycles. The molecule has 0 aliphatic carbocycles. The Labute approximate surface area is 46.3 Å². The van der Waals surface area contributed by atoms with Crippen molar-refractivity contribution in [3.63, 3.8) is 0 Å². The molecule has 8 heavy (non-hydrogen) atoms. The van der Waals surface area contributed by atoms with E-state index >= 15 is 0 Å². The molecule has 0 saturated heterocycles. The van der Waals surface area contributed by atoms with Gasteiger partial charge in [0, 0.05) is 0 Å². The predicted molar refractivity (Wildman–Crippen MR) is 22.4 cm³/mol. The third-order valence-corrected chi connectivity index (χ3v) is 0.405. The molecule has 0 amide bonds. The van der Waals surface area contributed by atoms with Crippen LogP contribution < -0.4 is 5.26 Å². The maximum atomic E-state index is 9.95. The Bertz CT molecular complexity index is 115. The van der Waals surface area contributed by atoms with Crippen molar-refractivity contribution in [3.8, 4) is 0 Å². The molecular weight excluding hydrogens is 112 g/mol. The molecule has 0 rings (SSSR count).